The van der Waals surface area contributed by atoms with Crippen LogP contribution in [0.25, 0.3) is 11.1 Å². The highest BCUT2D eigenvalue weighted by molar-refractivity contribution is 9.09. The molecule has 150 valence electrons. The van der Waals surface area contributed by atoms with Gasteiger partial charge in [0.2, 0.25) is 5.79 Å². The molecule has 2 fully saturated rings. The molecule has 28 heavy (non-hydrogen) atoms. The largest absolute Gasteiger partial charge is 0.345 e. The lowest BCUT2D eigenvalue weighted by Crippen LogP contribution is -2.60. The number of morpholine rings is 1. The zero-order chi connectivity index (χ0) is 19.4. The summed E-state index contributed by atoms with van der Waals surface area (Å²) in [6.07, 6.45) is 6.14. The average molecular weight is 444 g/mol. The number of benzene rings is 2. The molecule has 3 unspecified atom stereocenters. The van der Waals surface area contributed by atoms with Crippen molar-refractivity contribution in [2.45, 2.75) is 50.0 Å². The molecule has 0 bridgehead atoms. The highest BCUT2D eigenvalue weighted by Gasteiger charge is 2.47. The summed E-state index contributed by atoms with van der Waals surface area (Å²) in [5.41, 5.74) is 3.58. The Labute approximate surface area is 177 Å². The molecule has 4 heteroatoms. The summed E-state index contributed by atoms with van der Waals surface area (Å²) < 4.78 is 13.2. The third-order valence-corrected chi connectivity index (χ3v) is 6.64. The predicted octanol–water partition coefficient (Wildman–Crippen LogP) is 5.58. The summed E-state index contributed by atoms with van der Waals surface area (Å²) in [4.78, 5) is 2.46. The van der Waals surface area contributed by atoms with Crippen LogP contribution >= 0.6 is 15.9 Å². The fourth-order valence-electron chi connectivity index (χ4n) is 4.61. The van der Waals surface area contributed by atoms with E-state index in [0.29, 0.717) is 12.6 Å². The van der Waals surface area contributed by atoms with Gasteiger partial charge in [0, 0.05) is 16.9 Å². The quantitative estimate of drug-likeness (QED) is 0.429. The van der Waals surface area contributed by atoms with Crippen LogP contribution in [0.15, 0.2) is 54.6 Å². The van der Waals surface area contributed by atoms with Crippen molar-refractivity contribution < 1.29 is 9.47 Å². The van der Waals surface area contributed by atoms with Crippen molar-refractivity contribution in [2.24, 2.45) is 0 Å². The third-order valence-electron chi connectivity index (χ3n) is 6.08. The van der Waals surface area contributed by atoms with Crippen LogP contribution in [0.4, 0.5) is 0 Å². The van der Waals surface area contributed by atoms with Crippen molar-refractivity contribution in [1.82, 2.24) is 4.90 Å². The standard InChI is InChI=1S/C24H30BrNO2/c1-26-18-24(27-17-7-16-25,28-23-11-6-5-10-22(23)26)21-14-12-20(13-15-21)19-8-3-2-4-9-19/h2-4,8-9,12-15,22-23H,5-7,10-11,16-18H2,1H3. The van der Waals surface area contributed by atoms with Crippen LogP contribution < -0.4 is 0 Å². The van der Waals surface area contributed by atoms with Gasteiger partial charge in [-0.15, -0.1) is 0 Å². The number of nitrogens with zero attached hydrogens (tertiary/aromatic N) is 1. The minimum atomic E-state index is -0.676. The Morgan fingerprint density at radius 1 is 1.04 bits per heavy atom. The number of fused-ring (bicyclic) bond motifs is 1. The molecule has 0 amide bonds. The van der Waals surface area contributed by atoms with E-state index in [9.17, 15) is 0 Å². The Kier molecular flexibility index (Phi) is 6.52. The monoisotopic (exact) mass is 443 g/mol. The zero-order valence-electron chi connectivity index (χ0n) is 16.6. The van der Waals surface area contributed by atoms with E-state index in [4.69, 9.17) is 9.47 Å². The fraction of sp³-hybridized carbons (Fsp3) is 0.500. The van der Waals surface area contributed by atoms with Crippen LogP contribution in [-0.2, 0) is 15.3 Å². The topological polar surface area (TPSA) is 21.7 Å². The number of likely N-dealkylation sites (N-methyl/N-ethyl adjacent to an activating group) is 1. The summed E-state index contributed by atoms with van der Waals surface area (Å²) >= 11 is 3.52. The lowest BCUT2D eigenvalue weighted by molar-refractivity contribution is -0.315. The molecule has 0 radical (unpaired) electrons. The van der Waals surface area contributed by atoms with Gasteiger partial charge in [-0.1, -0.05) is 83.4 Å². The molecule has 1 aliphatic heterocycles. The van der Waals surface area contributed by atoms with Gasteiger partial charge in [-0.05, 0) is 37.4 Å². The normalized spacial score (nSPS) is 28.1. The smallest absolute Gasteiger partial charge is 0.208 e. The molecule has 1 saturated heterocycles. The van der Waals surface area contributed by atoms with Gasteiger partial charge in [0.25, 0.3) is 0 Å². The van der Waals surface area contributed by atoms with Gasteiger partial charge in [0.05, 0.1) is 19.3 Å². The maximum absolute atomic E-state index is 6.75. The van der Waals surface area contributed by atoms with E-state index in [1.807, 2.05) is 0 Å². The molecule has 2 aromatic rings. The van der Waals surface area contributed by atoms with Crippen LogP contribution in [0.2, 0.25) is 0 Å². The van der Waals surface area contributed by atoms with Crippen LogP contribution in [0.5, 0.6) is 0 Å². The summed E-state index contributed by atoms with van der Waals surface area (Å²) in [6.45, 7) is 1.47. The summed E-state index contributed by atoms with van der Waals surface area (Å²) in [7, 11) is 2.23. The Morgan fingerprint density at radius 3 is 2.50 bits per heavy atom. The Bertz CT molecular complexity index is 751. The van der Waals surface area contributed by atoms with Gasteiger partial charge in [0.15, 0.2) is 0 Å². The molecule has 2 aliphatic rings. The van der Waals surface area contributed by atoms with Gasteiger partial charge in [-0.2, -0.15) is 0 Å². The van der Waals surface area contributed by atoms with E-state index in [1.54, 1.807) is 0 Å². The molecule has 3 nitrogen and oxygen atoms in total. The van der Waals surface area contributed by atoms with E-state index in [0.717, 1.165) is 30.3 Å². The zero-order valence-corrected chi connectivity index (χ0v) is 18.2. The number of halogens is 1. The van der Waals surface area contributed by atoms with E-state index in [-0.39, 0.29) is 6.10 Å². The molecule has 3 atom stereocenters. The van der Waals surface area contributed by atoms with Crippen molar-refractivity contribution >= 4 is 15.9 Å². The van der Waals surface area contributed by atoms with E-state index >= 15 is 0 Å². The van der Waals surface area contributed by atoms with Gasteiger partial charge >= 0.3 is 0 Å². The Hall–Kier alpha value is -1.20. The molecule has 0 spiro atoms. The molecule has 0 aromatic heterocycles. The van der Waals surface area contributed by atoms with Crippen molar-refractivity contribution in [1.29, 1.82) is 0 Å². The predicted molar refractivity (Wildman–Crippen MR) is 118 cm³/mol. The SMILES string of the molecule is CN1CC(OCCCBr)(c2ccc(-c3ccccc3)cc2)OC2CCCCC21. The molecule has 1 saturated carbocycles. The third kappa shape index (κ3) is 4.20. The molecule has 1 aliphatic carbocycles. The Morgan fingerprint density at radius 2 is 1.75 bits per heavy atom. The molecular weight excluding hydrogens is 414 g/mol. The van der Waals surface area contributed by atoms with Crippen LogP contribution in [0, 0.1) is 0 Å². The van der Waals surface area contributed by atoms with Crippen molar-refractivity contribution in [3.8, 4) is 11.1 Å². The number of ether oxygens (including phenoxy) is 2. The highest BCUT2D eigenvalue weighted by atomic mass is 79.9. The first-order valence-electron chi connectivity index (χ1n) is 10.5. The highest BCUT2D eigenvalue weighted by Crippen LogP contribution is 2.40. The first kappa shape index (κ1) is 20.1. The summed E-state index contributed by atoms with van der Waals surface area (Å²) in [5, 5.41) is 0.942. The molecule has 0 N–H and O–H groups in total. The lowest BCUT2D eigenvalue weighted by Gasteiger charge is -2.51. The Balaban J connectivity index is 1.62. The minimum absolute atomic E-state index is 0.255. The first-order valence-corrected chi connectivity index (χ1v) is 11.6. The van der Waals surface area contributed by atoms with Crippen molar-refractivity contribution in [2.75, 3.05) is 25.5 Å². The van der Waals surface area contributed by atoms with Gasteiger partial charge in [0.1, 0.15) is 0 Å². The second kappa shape index (κ2) is 9.08. The second-order valence-corrected chi connectivity index (χ2v) is 8.80. The van der Waals surface area contributed by atoms with E-state index in [2.05, 4.69) is 82.5 Å². The summed E-state index contributed by atoms with van der Waals surface area (Å²) in [6, 6.07) is 19.8. The first-order chi connectivity index (χ1) is 13.7. The maximum Gasteiger partial charge on any atom is 0.208 e. The number of hydrogen-bond acceptors (Lipinski definition) is 3. The lowest BCUT2D eigenvalue weighted by atomic mass is 9.88. The average Bonchev–Trinajstić information content (AvgIpc) is 2.75. The molecule has 4 rings (SSSR count). The van der Waals surface area contributed by atoms with Gasteiger partial charge in [-0.3, -0.25) is 4.90 Å². The van der Waals surface area contributed by atoms with Crippen molar-refractivity contribution in [3.63, 3.8) is 0 Å². The van der Waals surface area contributed by atoms with Crippen LogP contribution in [-0.4, -0.2) is 42.6 Å². The van der Waals surface area contributed by atoms with E-state index < -0.39 is 5.79 Å². The van der Waals surface area contributed by atoms with E-state index in [1.165, 1.54) is 30.4 Å². The maximum atomic E-state index is 6.75. The number of rotatable bonds is 6. The summed E-state index contributed by atoms with van der Waals surface area (Å²) in [5.74, 6) is -0.676. The molecular formula is C24H30BrNO2. The van der Waals surface area contributed by atoms with Crippen molar-refractivity contribution in [3.05, 3.63) is 60.2 Å². The molecule has 2 aromatic carbocycles. The number of alkyl halides is 1. The van der Waals surface area contributed by atoms with Gasteiger partial charge in [-0.25, -0.2) is 0 Å². The second-order valence-electron chi connectivity index (χ2n) is 8.01. The minimum Gasteiger partial charge on any atom is -0.345 e. The fourth-order valence-corrected chi connectivity index (χ4v) is 4.84. The molecule has 1 heterocycles. The van der Waals surface area contributed by atoms with Crippen LogP contribution in [0.3, 0.4) is 0 Å². The van der Waals surface area contributed by atoms with Crippen LogP contribution in [0.1, 0.15) is 37.7 Å². The number of hydrogen-bond donors (Lipinski definition) is 0. The van der Waals surface area contributed by atoms with Gasteiger partial charge < -0.3 is 9.47 Å².